The third-order valence-corrected chi connectivity index (χ3v) is 3.27. The zero-order valence-corrected chi connectivity index (χ0v) is 10.6. The Morgan fingerprint density at radius 3 is 2.94 bits per heavy atom. The van der Waals surface area contributed by atoms with Gasteiger partial charge in [-0.3, -0.25) is 14.3 Å². The van der Waals surface area contributed by atoms with Gasteiger partial charge in [-0.25, -0.2) is 0 Å². The Morgan fingerprint density at radius 2 is 2.33 bits per heavy atom. The molecule has 1 aromatic heterocycles. The van der Waals surface area contributed by atoms with Gasteiger partial charge < -0.3 is 10.0 Å². The summed E-state index contributed by atoms with van der Waals surface area (Å²) in [6.07, 6.45) is 3.21. The van der Waals surface area contributed by atoms with Crippen LogP contribution in [-0.4, -0.2) is 33.3 Å². The molecule has 0 spiro atoms. The Bertz CT molecular complexity index is 481. The molecule has 0 saturated carbocycles. The highest BCUT2D eigenvalue weighted by Crippen LogP contribution is 2.27. The van der Waals surface area contributed by atoms with Crippen molar-refractivity contribution in [2.24, 2.45) is 13.0 Å². The van der Waals surface area contributed by atoms with Crippen LogP contribution in [0.2, 0.25) is 0 Å². The van der Waals surface area contributed by atoms with Crippen molar-refractivity contribution in [3.05, 3.63) is 11.9 Å². The molecular weight excluding hydrogens is 234 g/mol. The molecule has 0 bridgehead atoms. The lowest BCUT2D eigenvalue weighted by atomic mass is 9.97. The van der Waals surface area contributed by atoms with E-state index in [0.717, 1.165) is 17.8 Å². The normalized spacial score (nSPS) is 20.2. The third kappa shape index (κ3) is 2.23. The number of carboxylic acid groups (broad SMARTS) is 1. The number of anilines is 1. The van der Waals surface area contributed by atoms with Gasteiger partial charge in [0.2, 0.25) is 5.91 Å². The molecule has 0 radical (unpaired) electrons. The first-order valence-corrected chi connectivity index (χ1v) is 6.08. The van der Waals surface area contributed by atoms with Crippen molar-refractivity contribution in [2.45, 2.75) is 26.2 Å². The maximum Gasteiger partial charge on any atom is 0.308 e. The highest BCUT2D eigenvalue weighted by atomic mass is 16.4. The Balaban J connectivity index is 2.29. The Hall–Kier alpha value is -1.85. The minimum Gasteiger partial charge on any atom is -0.481 e. The molecule has 1 N–H and O–H groups in total. The van der Waals surface area contributed by atoms with Crippen molar-refractivity contribution in [3.8, 4) is 0 Å². The number of hydrogen-bond donors (Lipinski definition) is 1. The molecule has 2 heterocycles. The Labute approximate surface area is 105 Å². The van der Waals surface area contributed by atoms with E-state index in [4.69, 9.17) is 5.11 Å². The number of carbonyl (C=O) groups excluding carboxylic acids is 1. The standard InChI is InChI=1S/C12H17N3O3/c1-3-9-10(7-14(2)13-9)15-6-8(12(17)18)4-5-11(15)16/h7-8H,3-6H2,1-2H3,(H,17,18). The lowest BCUT2D eigenvalue weighted by molar-refractivity contribution is -0.142. The van der Waals surface area contributed by atoms with E-state index in [1.54, 1.807) is 22.8 Å². The maximum absolute atomic E-state index is 11.9. The van der Waals surface area contributed by atoms with Crippen LogP contribution in [0.3, 0.4) is 0 Å². The van der Waals surface area contributed by atoms with Gasteiger partial charge in [-0.2, -0.15) is 5.10 Å². The lowest BCUT2D eigenvalue weighted by Crippen LogP contribution is -2.42. The topological polar surface area (TPSA) is 75.4 Å². The smallest absolute Gasteiger partial charge is 0.308 e. The summed E-state index contributed by atoms with van der Waals surface area (Å²) in [7, 11) is 1.80. The van der Waals surface area contributed by atoms with Gasteiger partial charge in [0.25, 0.3) is 0 Å². The van der Waals surface area contributed by atoms with E-state index < -0.39 is 11.9 Å². The number of amides is 1. The molecule has 0 aromatic carbocycles. The zero-order chi connectivity index (χ0) is 13.3. The van der Waals surface area contributed by atoms with Gasteiger partial charge in [-0.05, 0) is 12.8 Å². The van der Waals surface area contributed by atoms with Crippen LogP contribution in [0.25, 0.3) is 0 Å². The summed E-state index contributed by atoms with van der Waals surface area (Å²) >= 11 is 0. The second-order valence-electron chi connectivity index (χ2n) is 4.57. The Kier molecular flexibility index (Phi) is 3.36. The van der Waals surface area contributed by atoms with Crippen LogP contribution in [0, 0.1) is 5.92 Å². The molecule has 1 aliphatic rings. The van der Waals surface area contributed by atoms with Crippen LogP contribution in [-0.2, 0) is 23.1 Å². The van der Waals surface area contributed by atoms with E-state index in [1.165, 1.54) is 0 Å². The average molecular weight is 251 g/mol. The maximum atomic E-state index is 11.9. The number of carboxylic acids is 1. The second-order valence-corrected chi connectivity index (χ2v) is 4.57. The lowest BCUT2D eigenvalue weighted by Gasteiger charge is -2.30. The van der Waals surface area contributed by atoms with Gasteiger partial charge in [0, 0.05) is 26.2 Å². The molecule has 18 heavy (non-hydrogen) atoms. The van der Waals surface area contributed by atoms with Crippen LogP contribution in [0.4, 0.5) is 5.69 Å². The SMILES string of the molecule is CCc1nn(C)cc1N1CC(C(=O)O)CCC1=O. The monoisotopic (exact) mass is 251 g/mol. The van der Waals surface area contributed by atoms with E-state index in [1.807, 2.05) is 6.92 Å². The minimum absolute atomic E-state index is 0.0183. The van der Waals surface area contributed by atoms with Gasteiger partial charge in [-0.15, -0.1) is 0 Å². The summed E-state index contributed by atoms with van der Waals surface area (Å²) in [5.74, 6) is -1.34. The fourth-order valence-electron chi connectivity index (χ4n) is 2.28. The Morgan fingerprint density at radius 1 is 1.61 bits per heavy atom. The van der Waals surface area contributed by atoms with Gasteiger partial charge in [0.15, 0.2) is 0 Å². The van der Waals surface area contributed by atoms with Crippen molar-refractivity contribution in [2.75, 3.05) is 11.4 Å². The van der Waals surface area contributed by atoms with Gasteiger partial charge >= 0.3 is 5.97 Å². The predicted octanol–water partition coefficient (Wildman–Crippen LogP) is 0.810. The molecule has 1 amide bonds. The van der Waals surface area contributed by atoms with E-state index >= 15 is 0 Å². The number of nitrogens with zero attached hydrogens (tertiary/aromatic N) is 3. The zero-order valence-electron chi connectivity index (χ0n) is 10.6. The van der Waals surface area contributed by atoms with Crippen LogP contribution < -0.4 is 4.90 Å². The second kappa shape index (κ2) is 4.80. The molecule has 2 rings (SSSR count). The first kappa shape index (κ1) is 12.6. The van der Waals surface area contributed by atoms with Crippen LogP contribution in [0.15, 0.2) is 6.20 Å². The quantitative estimate of drug-likeness (QED) is 0.862. The molecule has 1 unspecified atom stereocenters. The number of aromatic nitrogens is 2. The summed E-state index contributed by atoms with van der Waals surface area (Å²) in [5, 5.41) is 13.3. The summed E-state index contributed by atoms with van der Waals surface area (Å²) in [6, 6.07) is 0. The van der Waals surface area contributed by atoms with Crippen molar-refractivity contribution >= 4 is 17.6 Å². The van der Waals surface area contributed by atoms with E-state index in [0.29, 0.717) is 6.42 Å². The molecule has 98 valence electrons. The van der Waals surface area contributed by atoms with Gasteiger partial charge in [0.1, 0.15) is 0 Å². The van der Waals surface area contributed by atoms with Gasteiger partial charge in [-0.1, -0.05) is 6.92 Å². The first-order valence-electron chi connectivity index (χ1n) is 6.08. The molecule has 1 aromatic rings. The van der Waals surface area contributed by atoms with E-state index in [9.17, 15) is 9.59 Å². The number of rotatable bonds is 3. The largest absolute Gasteiger partial charge is 0.481 e. The van der Waals surface area contributed by atoms with Gasteiger partial charge in [0.05, 0.1) is 17.3 Å². The number of carbonyl (C=O) groups is 2. The number of hydrogen-bond acceptors (Lipinski definition) is 3. The molecule has 1 saturated heterocycles. The van der Waals surface area contributed by atoms with E-state index in [-0.39, 0.29) is 18.9 Å². The van der Waals surface area contributed by atoms with E-state index in [2.05, 4.69) is 5.10 Å². The van der Waals surface area contributed by atoms with Crippen LogP contribution >= 0.6 is 0 Å². The summed E-state index contributed by atoms with van der Waals surface area (Å²) < 4.78 is 1.66. The minimum atomic E-state index is -0.838. The number of piperidine rings is 1. The van der Waals surface area contributed by atoms with Crippen LogP contribution in [0.1, 0.15) is 25.5 Å². The third-order valence-electron chi connectivity index (χ3n) is 3.27. The fraction of sp³-hybridized carbons (Fsp3) is 0.583. The molecular formula is C12H17N3O3. The number of aryl methyl sites for hydroxylation is 2. The predicted molar refractivity (Wildman–Crippen MR) is 65.3 cm³/mol. The van der Waals surface area contributed by atoms with Crippen LogP contribution in [0.5, 0.6) is 0 Å². The highest BCUT2D eigenvalue weighted by molar-refractivity contribution is 5.95. The first-order chi connectivity index (χ1) is 8.52. The highest BCUT2D eigenvalue weighted by Gasteiger charge is 2.32. The average Bonchev–Trinajstić information content (AvgIpc) is 2.70. The van der Waals surface area contributed by atoms with Crippen molar-refractivity contribution in [1.29, 1.82) is 0 Å². The molecule has 6 nitrogen and oxygen atoms in total. The molecule has 0 aliphatic carbocycles. The summed E-state index contributed by atoms with van der Waals surface area (Å²) in [6.45, 7) is 2.21. The summed E-state index contributed by atoms with van der Waals surface area (Å²) in [5.41, 5.74) is 1.58. The van der Waals surface area contributed by atoms with Crippen molar-refractivity contribution in [1.82, 2.24) is 9.78 Å². The number of aliphatic carboxylic acids is 1. The molecule has 1 aliphatic heterocycles. The summed E-state index contributed by atoms with van der Waals surface area (Å²) in [4.78, 5) is 24.5. The fourth-order valence-corrected chi connectivity index (χ4v) is 2.28. The van der Waals surface area contributed by atoms with Crippen molar-refractivity contribution in [3.63, 3.8) is 0 Å². The van der Waals surface area contributed by atoms with Crippen molar-refractivity contribution < 1.29 is 14.7 Å². The molecule has 1 fully saturated rings. The molecule has 1 atom stereocenters. The molecule has 6 heteroatoms.